The van der Waals surface area contributed by atoms with Crippen molar-refractivity contribution in [3.63, 3.8) is 0 Å². The van der Waals surface area contributed by atoms with Crippen LogP contribution in [0.25, 0.3) is 0 Å². The minimum atomic E-state index is -1.94. The second-order valence-electron chi connectivity index (χ2n) is 4.26. The molecule has 0 amide bonds. The highest BCUT2D eigenvalue weighted by Crippen LogP contribution is 2.45. The van der Waals surface area contributed by atoms with E-state index in [0.717, 1.165) is 0 Å². The molecule has 1 aliphatic heterocycles. The molecule has 0 aromatic heterocycles. The lowest BCUT2D eigenvalue weighted by Gasteiger charge is -2.25. The van der Waals surface area contributed by atoms with Crippen molar-refractivity contribution in [2.24, 2.45) is 5.41 Å². The van der Waals surface area contributed by atoms with Crippen molar-refractivity contribution in [2.45, 2.75) is 11.6 Å². The molecule has 1 atom stereocenters. The molecule has 7 heteroatoms. The van der Waals surface area contributed by atoms with E-state index in [-0.39, 0.29) is 0 Å². The molecule has 0 spiro atoms. The van der Waals surface area contributed by atoms with Crippen molar-refractivity contribution in [1.82, 2.24) is 10.9 Å². The Bertz CT molecular complexity index is 669. The molecular weight excluding hydrogens is 276 g/mol. The van der Waals surface area contributed by atoms with Gasteiger partial charge in [-0.15, -0.1) is 0 Å². The summed E-state index contributed by atoms with van der Waals surface area (Å²) in [6.07, 6.45) is 0. The molecule has 0 bridgehead atoms. The van der Waals surface area contributed by atoms with Crippen molar-refractivity contribution in [1.29, 1.82) is 21.0 Å². The Hall–Kier alpha value is -2.61. The van der Waals surface area contributed by atoms with Gasteiger partial charge >= 0.3 is 0 Å². The average Bonchev–Trinajstić information content (AvgIpc) is 2.83. The van der Waals surface area contributed by atoms with Crippen molar-refractivity contribution in [2.75, 3.05) is 0 Å². The second-order valence-corrected chi connectivity index (χ2v) is 4.70. The molecule has 1 unspecified atom stereocenters. The third kappa shape index (κ3) is 1.62. The van der Waals surface area contributed by atoms with Gasteiger partial charge in [0.1, 0.15) is 12.1 Å². The Labute approximate surface area is 120 Å². The molecular formula is C13H7ClN6. The van der Waals surface area contributed by atoms with Crippen LogP contribution in [-0.2, 0) is 0 Å². The largest absolute Gasteiger partial charge is 0.245 e. The Balaban J connectivity index is 2.61. The molecule has 1 heterocycles. The van der Waals surface area contributed by atoms with E-state index in [0.29, 0.717) is 10.6 Å². The van der Waals surface area contributed by atoms with Crippen LogP contribution in [0.5, 0.6) is 0 Å². The predicted octanol–water partition coefficient (Wildman–Crippen LogP) is 1.31. The molecule has 6 nitrogen and oxygen atoms in total. The molecule has 1 aromatic rings. The summed E-state index contributed by atoms with van der Waals surface area (Å²) in [4.78, 5) is 0. The lowest BCUT2D eigenvalue weighted by Crippen LogP contribution is -2.50. The van der Waals surface area contributed by atoms with Gasteiger partial charge in [-0.05, 0) is 17.7 Å². The number of benzene rings is 1. The zero-order valence-corrected chi connectivity index (χ0v) is 10.8. The maximum atomic E-state index is 9.42. The summed E-state index contributed by atoms with van der Waals surface area (Å²) in [5, 5.41) is 37.8. The molecule has 96 valence electrons. The second kappa shape index (κ2) is 4.82. The van der Waals surface area contributed by atoms with Crippen LogP contribution in [-0.4, -0.2) is 5.54 Å². The van der Waals surface area contributed by atoms with Gasteiger partial charge in [0.05, 0.1) is 18.2 Å². The van der Waals surface area contributed by atoms with Crippen molar-refractivity contribution in [3.05, 3.63) is 34.9 Å². The third-order valence-corrected chi connectivity index (χ3v) is 3.57. The SMILES string of the molecule is N#CC1(C#N)NNC(c2ccc(Cl)cc2)C1(C#N)C#N. The Morgan fingerprint density at radius 2 is 1.50 bits per heavy atom. The highest BCUT2D eigenvalue weighted by molar-refractivity contribution is 6.30. The van der Waals surface area contributed by atoms with E-state index < -0.39 is 17.0 Å². The fourth-order valence-electron chi connectivity index (χ4n) is 2.17. The molecule has 1 saturated heterocycles. The van der Waals surface area contributed by atoms with Crippen LogP contribution in [0.4, 0.5) is 0 Å². The number of nitrogens with one attached hydrogen (secondary N) is 2. The molecule has 0 aliphatic carbocycles. The fourth-order valence-corrected chi connectivity index (χ4v) is 2.30. The molecule has 0 radical (unpaired) electrons. The molecule has 1 fully saturated rings. The van der Waals surface area contributed by atoms with Gasteiger partial charge in [-0.3, -0.25) is 0 Å². The fraction of sp³-hybridized carbons (Fsp3) is 0.231. The number of nitriles is 4. The summed E-state index contributed by atoms with van der Waals surface area (Å²) in [5.41, 5.74) is 1.94. The normalized spacial score (nSPS) is 21.9. The standard InChI is InChI=1S/C13H7ClN6/c14-10-3-1-9(2-4-10)11-12(5-15,6-16)13(7-17,8-18)20-19-11/h1-4,11,19-20H. The summed E-state index contributed by atoms with van der Waals surface area (Å²) >= 11 is 5.80. The number of hydrogen-bond donors (Lipinski definition) is 2. The summed E-state index contributed by atoms with van der Waals surface area (Å²) < 4.78 is 0. The minimum Gasteiger partial charge on any atom is -0.245 e. The zero-order valence-electron chi connectivity index (χ0n) is 10.1. The van der Waals surface area contributed by atoms with Crippen LogP contribution in [0, 0.1) is 50.7 Å². The van der Waals surface area contributed by atoms with Gasteiger partial charge in [0, 0.05) is 5.02 Å². The van der Waals surface area contributed by atoms with Gasteiger partial charge < -0.3 is 0 Å². The molecule has 20 heavy (non-hydrogen) atoms. The number of hydrogen-bond acceptors (Lipinski definition) is 6. The number of hydrazine groups is 1. The van der Waals surface area contributed by atoms with Gasteiger partial charge in [-0.1, -0.05) is 23.7 Å². The van der Waals surface area contributed by atoms with Gasteiger partial charge in [-0.25, -0.2) is 10.9 Å². The molecule has 1 aromatic carbocycles. The number of nitrogens with zero attached hydrogens (tertiary/aromatic N) is 4. The maximum Gasteiger partial charge on any atom is 0.239 e. The van der Waals surface area contributed by atoms with Crippen LogP contribution >= 0.6 is 11.6 Å². The van der Waals surface area contributed by atoms with E-state index in [4.69, 9.17) is 11.6 Å². The van der Waals surface area contributed by atoms with Crippen LogP contribution in [0.1, 0.15) is 11.6 Å². The topological polar surface area (TPSA) is 119 Å². The summed E-state index contributed by atoms with van der Waals surface area (Å²) in [6, 6.07) is 12.7. The van der Waals surface area contributed by atoms with E-state index in [1.165, 1.54) is 0 Å². The van der Waals surface area contributed by atoms with E-state index in [2.05, 4.69) is 10.9 Å². The number of rotatable bonds is 1. The van der Waals surface area contributed by atoms with Crippen molar-refractivity contribution in [3.8, 4) is 24.3 Å². The number of halogens is 1. The van der Waals surface area contributed by atoms with E-state index in [1.807, 2.05) is 12.1 Å². The first kappa shape index (κ1) is 13.8. The molecule has 2 rings (SSSR count). The minimum absolute atomic E-state index is 0.506. The predicted molar refractivity (Wildman–Crippen MR) is 68.1 cm³/mol. The van der Waals surface area contributed by atoms with E-state index >= 15 is 0 Å². The zero-order chi connectivity index (χ0) is 14.8. The smallest absolute Gasteiger partial charge is 0.239 e. The molecule has 2 N–H and O–H groups in total. The lowest BCUT2D eigenvalue weighted by molar-refractivity contribution is 0.393. The monoisotopic (exact) mass is 282 g/mol. The summed E-state index contributed by atoms with van der Waals surface area (Å²) in [7, 11) is 0. The first-order chi connectivity index (χ1) is 9.59. The average molecular weight is 283 g/mol. The third-order valence-electron chi connectivity index (χ3n) is 3.32. The Morgan fingerprint density at radius 1 is 0.950 bits per heavy atom. The molecule has 1 aliphatic rings. The van der Waals surface area contributed by atoms with Gasteiger partial charge in [0.25, 0.3) is 0 Å². The Kier molecular flexibility index (Phi) is 3.33. The van der Waals surface area contributed by atoms with Crippen LogP contribution < -0.4 is 10.9 Å². The van der Waals surface area contributed by atoms with Crippen molar-refractivity contribution >= 4 is 11.6 Å². The van der Waals surface area contributed by atoms with Crippen LogP contribution in [0.3, 0.4) is 0 Å². The first-order valence-electron chi connectivity index (χ1n) is 5.52. The van der Waals surface area contributed by atoms with Gasteiger partial charge in [-0.2, -0.15) is 21.0 Å². The van der Waals surface area contributed by atoms with Crippen LogP contribution in [0.2, 0.25) is 5.02 Å². The summed E-state index contributed by atoms with van der Waals surface area (Å²) in [6.45, 7) is 0. The lowest BCUT2D eigenvalue weighted by atomic mass is 9.68. The highest BCUT2D eigenvalue weighted by Gasteiger charge is 2.64. The van der Waals surface area contributed by atoms with Gasteiger partial charge in [0.15, 0.2) is 0 Å². The molecule has 0 saturated carbocycles. The first-order valence-corrected chi connectivity index (χ1v) is 5.90. The van der Waals surface area contributed by atoms with E-state index in [1.54, 1.807) is 36.4 Å². The van der Waals surface area contributed by atoms with Gasteiger partial charge in [0.2, 0.25) is 11.0 Å². The quantitative estimate of drug-likeness (QED) is 0.801. The Morgan fingerprint density at radius 3 is 1.95 bits per heavy atom. The van der Waals surface area contributed by atoms with Crippen LogP contribution in [0.15, 0.2) is 24.3 Å². The van der Waals surface area contributed by atoms with E-state index in [9.17, 15) is 21.0 Å². The maximum absolute atomic E-state index is 9.42. The summed E-state index contributed by atoms with van der Waals surface area (Å²) in [5.74, 6) is 0. The highest BCUT2D eigenvalue weighted by atomic mass is 35.5. The van der Waals surface area contributed by atoms with Crippen molar-refractivity contribution < 1.29 is 0 Å².